The summed E-state index contributed by atoms with van der Waals surface area (Å²) in [6.45, 7) is 3.24. The lowest BCUT2D eigenvalue weighted by molar-refractivity contribution is 0.204. The molecule has 0 bridgehead atoms. The number of pyridine rings is 1. The maximum atomic E-state index is 11.7. The molecule has 1 aromatic rings. The Morgan fingerprint density at radius 2 is 2.06 bits per heavy atom. The lowest BCUT2D eigenvalue weighted by Crippen LogP contribution is -2.48. The number of halogens is 2. The number of aromatic nitrogens is 1. The first kappa shape index (κ1) is 16.0. The normalized spacial score (nSPS) is 14.2. The highest BCUT2D eigenvalue weighted by Gasteiger charge is 2.15. The number of nitrogens with one attached hydrogen (secondary N) is 2. The van der Waals surface area contributed by atoms with Gasteiger partial charge in [0.15, 0.2) is 0 Å². The Labute approximate surface area is 113 Å². The van der Waals surface area contributed by atoms with Crippen molar-refractivity contribution in [2.24, 2.45) is 0 Å². The molecule has 5 nitrogen and oxygen atoms in total. The van der Waals surface area contributed by atoms with E-state index in [0.717, 1.165) is 31.9 Å². The third-order valence-electron chi connectivity index (χ3n) is 2.32. The molecule has 1 fully saturated rings. The molecule has 2 rings (SSSR count). The van der Waals surface area contributed by atoms with Crippen LogP contribution in [0.3, 0.4) is 0 Å². The van der Waals surface area contributed by atoms with Gasteiger partial charge < -0.3 is 15.5 Å². The second-order valence-electron chi connectivity index (χ2n) is 3.41. The molecular formula is C10H16Cl2N4O. The molecule has 0 spiro atoms. The first-order chi connectivity index (χ1) is 7.36. The third-order valence-corrected chi connectivity index (χ3v) is 2.32. The van der Waals surface area contributed by atoms with E-state index in [1.54, 1.807) is 23.4 Å². The van der Waals surface area contributed by atoms with E-state index in [4.69, 9.17) is 0 Å². The number of urea groups is 1. The number of hydrogen-bond acceptors (Lipinski definition) is 3. The lowest BCUT2D eigenvalue weighted by Gasteiger charge is -2.27. The molecule has 0 aliphatic carbocycles. The van der Waals surface area contributed by atoms with Crippen LogP contribution in [0.25, 0.3) is 0 Å². The van der Waals surface area contributed by atoms with Gasteiger partial charge in [-0.05, 0) is 12.1 Å². The highest BCUT2D eigenvalue weighted by Crippen LogP contribution is 2.04. The van der Waals surface area contributed by atoms with Crippen molar-refractivity contribution >= 4 is 36.5 Å². The molecule has 1 aliphatic rings. The van der Waals surface area contributed by atoms with Gasteiger partial charge in [-0.15, -0.1) is 24.8 Å². The summed E-state index contributed by atoms with van der Waals surface area (Å²) in [5, 5.41) is 6.01. The van der Waals surface area contributed by atoms with E-state index in [1.165, 1.54) is 0 Å². The number of piperazine rings is 1. The van der Waals surface area contributed by atoms with Gasteiger partial charge in [-0.2, -0.15) is 0 Å². The average Bonchev–Trinajstić information content (AvgIpc) is 2.31. The zero-order chi connectivity index (χ0) is 10.5. The minimum atomic E-state index is -0.0514. The van der Waals surface area contributed by atoms with Crippen molar-refractivity contribution in [2.75, 3.05) is 31.5 Å². The highest BCUT2D eigenvalue weighted by molar-refractivity contribution is 5.89. The fourth-order valence-corrected chi connectivity index (χ4v) is 1.51. The zero-order valence-corrected chi connectivity index (χ0v) is 10.9. The molecule has 0 aromatic carbocycles. The van der Waals surface area contributed by atoms with E-state index < -0.39 is 0 Å². The van der Waals surface area contributed by atoms with Crippen LogP contribution in [0, 0.1) is 0 Å². The van der Waals surface area contributed by atoms with Gasteiger partial charge in [-0.3, -0.25) is 4.98 Å². The Bertz CT molecular complexity index is 330. The molecule has 17 heavy (non-hydrogen) atoms. The molecule has 0 radical (unpaired) electrons. The second-order valence-corrected chi connectivity index (χ2v) is 3.41. The topological polar surface area (TPSA) is 57.3 Å². The van der Waals surface area contributed by atoms with Crippen molar-refractivity contribution in [3.63, 3.8) is 0 Å². The number of anilines is 1. The number of rotatable bonds is 1. The smallest absolute Gasteiger partial charge is 0.321 e. The first-order valence-electron chi connectivity index (χ1n) is 5.03. The van der Waals surface area contributed by atoms with E-state index in [-0.39, 0.29) is 30.8 Å². The van der Waals surface area contributed by atoms with Gasteiger partial charge in [0.2, 0.25) is 0 Å². The summed E-state index contributed by atoms with van der Waals surface area (Å²) in [5.74, 6) is 0. The van der Waals surface area contributed by atoms with Crippen LogP contribution < -0.4 is 10.6 Å². The van der Waals surface area contributed by atoms with Crippen molar-refractivity contribution in [1.82, 2.24) is 15.2 Å². The van der Waals surface area contributed by atoms with Crippen LogP contribution in [0.2, 0.25) is 0 Å². The fourth-order valence-electron chi connectivity index (χ4n) is 1.51. The summed E-state index contributed by atoms with van der Waals surface area (Å²) < 4.78 is 0. The van der Waals surface area contributed by atoms with Gasteiger partial charge in [0.05, 0.1) is 11.9 Å². The average molecular weight is 279 g/mol. The first-order valence-corrected chi connectivity index (χ1v) is 5.03. The quantitative estimate of drug-likeness (QED) is 0.816. The van der Waals surface area contributed by atoms with Crippen molar-refractivity contribution in [1.29, 1.82) is 0 Å². The molecule has 0 atom stereocenters. The maximum Gasteiger partial charge on any atom is 0.321 e. The van der Waals surface area contributed by atoms with E-state index in [9.17, 15) is 4.79 Å². The monoisotopic (exact) mass is 278 g/mol. The van der Waals surface area contributed by atoms with Crippen LogP contribution in [0.5, 0.6) is 0 Å². The summed E-state index contributed by atoms with van der Waals surface area (Å²) in [4.78, 5) is 17.5. The number of nitrogens with zero attached hydrogens (tertiary/aromatic N) is 2. The zero-order valence-electron chi connectivity index (χ0n) is 9.26. The molecule has 1 aliphatic heterocycles. The molecule has 2 amide bonds. The minimum Gasteiger partial charge on any atom is -0.322 e. The molecule has 0 unspecified atom stereocenters. The standard InChI is InChI=1S/C10H14N4O.2ClH/c15-10(14-6-4-11-5-7-14)13-9-2-1-3-12-8-9;;/h1-3,8,11H,4-7H2,(H,13,15);2*1H. The Morgan fingerprint density at radius 3 is 2.65 bits per heavy atom. The highest BCUT2D eigenvalue weighted by atomic mass is 35.5. The van der Waals surface area contributed by atoms with E-state index in [1.807, 2.05) is 6.07 Å². The van der Waals surface area contributed by atoms with Crippen molar-refractivity contribution in [2.45, 2.75) is 0 Å². The molecule has 2 N–H and O–H groups in total. The minimum absolute atomic E-state index is 0. The van der Waals surface area contributed by atoms with E-state index in [0.29, 0.717) is 0 Å². The van der Waals surface area contributed by atoms with E-state index in [2.05, 4.69) is 15.6 Å². The van der Waals surface area contributed by atoms with Gasteiger partial charge in [-0.25, -0.2) is 4.79 Å². The van der Waals surface area contributed by atoms with Gasteiger partial charge in [-0.1, -0.05) is 0 Å². The summed E-state index contributed by atoms with van der Waals surface area (Å²) >= 11 is 0. The number of carbonyl (C=O) groups excluding carboxylic acids is 1. The van der Waals surface area contributed by atoms with E-state index >= 15 is 0 Å². The number of hydrogen-bond donors (Lipinski definition) is 2. The maximum absolute atomic E-state index is 11.7. The van der Waals surface area contributed by atoms with Crippen LogP contribution in [0.1, 0.15) is 0 Å². The van der Waals surface area contributed by atoms with Crippen molar-refractivity contribution < 1.29 is 4.79 Å². The van der Waals surface area contributed by atoms with Gasteiger partial charge in [0.1, 0.15) is 0 Å². The predicted octanol–water partition coefficient (Wildman–Crippen LogP) is 1.36. The Morgan fingerprint density at radius 1 is 1.35 bits per heavy atom. The van der Waals surface area contributed by atoms with Crippen LogP contribution >= 0.6 is 24.8 Å². The summed E-state index contributed by atoms with van der Waals surface area (Å²) in [6.07, 6.45) is 3.32. The number of carbonyl (C=O) groups is 1. The van der Waals surface area contributed by atoms with Gasteiger partial charge in [0, 0.05) is 32.4 Å². The molecule has 1 aromatic heterocycles. The van der Waals surface area contributed by atoms with Crippen LogP contribution in [-0.2, 0) is 0 Å². The summed E-state index contributed by atoms with van der Waals surface area (Å²) in [5.41, 5.74) is 0.737. The molecule has 7 heteroatoms. The van der Waals surface area contributed by atoms with Gasteiger partial charge >= 0.3 is 6.03 Å². The Balaban J connectivity index is 0.00000128. The van der Waals surface area contributed by atoms with Crippen LogP contribution in [-0.4, -0.2) is 42.1 Å². The summed E-state index contributed by atoms with van der Waals surface area (Å²) in [7, 11) is 0. The third kappa shape index (κ3) is 4.77. The fraction of sp³-hybridized carbons (Fsp3) is 0.400. The van der Waals surface area contributed by atoms with Crippen LogP contribution in [0.4, 0.5) is 10.5 Å². The molecule has 96 valence electrons. The van der Waals surface area contributed by atoms with Crippen LogP contribution in [0.15, 0.2) is 24.5 Å². The lowest BCUT2D eigenvalue weighted by atomic mass is 10.4. The summed E-state index contributed by atoms with van der Waals surface area (Å²) in [6, 6.07) is 3.57. The van der Waals surface area contributed by atoms with Crippen molar-refractivity contribution in [3.8, 4) is 0 Å². The Hall–Kier alpha value is -1.04. The molecular weight excluding hydrogens is 263 g/mol. The molecule has 1 saturated heterocycles. The molecule has 2 heterocycles. The predicted molar refractivity (Wildman–Crippen MR) is 72.2 cm³/mol. The second kappa shape index (κ2) is 8.11. The molecule has 0 saturated carbocycles. The Kier molecular flexibility index (Phi) is 7.61. The largest absolute Gasteiger partial charge is 0.322 e. The van der Waals surface area contributed by atoms with Gasteiger partial charge in [0.25, 0.3) is 0 Å². The number of amides is 2. The van der Waals surface area contributed by atoms with Crippen molar-refractivity contribution in [3.05, 3.63) is 24.5 Å². The SMILES string of the molecule is Cl.Cl.O=C(Nc1cccnc1)N1CCNCC1.